The van der Waals surface area contributed by atoms with Gasteiger partial charge in [-0.2, -0.15) is 0 Å². The second kappa shape index (κ2) is 18.2. The van der Waals surface area contributed by atoms with Gasteiger partial charge in [0.2, 0.25) is 0 Å². The number of piperazine rings is 1. The number of nitro groups is 1. The van der Waals surface area contributed by atoms with Crippen LogP contribution in [0.15, 0.2) is 112 Å². The summed E-state index contributed by atoms with van der Waals surface area (Å²) < 4.78 is 30.9. The number of thiazole rings is 1. The first-order valence-electron chi connectivity index (χ1n) is 18.3. The molecule has 1 fully saturated rings. The number of nitro benzene ring substituents is 1. The lowest BCUT2D eigenvalue weighted by Gasteiger charge is -2.36. The summed E-state index contributed by atoms with van der Waals surface area (Å²) in [6, 6.07) is 25.8. The average molecular weight is 844 g/mol. The lowest BCUT2D eigenvalue weighted by molar-refractivity contribution is -0.384. The van der Waals surface area contributed by atoms with E-state index < -0.39 is 14.9 Å². The van der Waals surface area contributed by atoms with E-state index >= 15 is 0 Å². The summed E-state index contributed by atoms with van der Waals surface area (Å²) in [4.78, 5) is 31.2. The Morgan fingerprint density at radius 2 is 1.79 bits per heavy atom. The summed E-state index contributed by atoms with van der Waals surface area (Å²) in [6.07, 6.45) is 3.76. The Balaban J connectivity index is 1.03. The normalized spacial score (nSPS) is 14.2. The fourth-order valence-electron chi connectivity index (χ4n) is 6.74. The molecule has 0 radical (unpaired) electrons. The van der Waals surface area contributed by atoms with Crippen LogP contribution in [0.25, 0.3) is 22.0 Å². The summed E-state index contributed by atoms with van der Waals surface area (Å²) in [5.74, 6) is 0.707. The van der Waals surface area contributed by atoms with Crippen molar-refractivity contribution in [2.45, 2.75) is 28.2 Å². The van der Waals surface area contributed by atoms with E-state index in [0.717, 1.165) is 60.9 Å². The molecule has 1 aliphatic heterocycles. The molecule has 4 aromatic carbocycles. The number of sulfonamides is 1. The molecular formula is C40H42ClN9O4S3. The van der Waals surface area contributed by atoms with E-state index in [9.17, 15) is 18.5 Å². The number of fused-ring (bicyclic) bond motifs is 1. The monoisotopic (exact) mass is 843 g/mol. The molecule has 3 heterocycles. The lowest BCUT2D eigenvalue weighted by atomic mass is 9.99. The van der Waals surface area contributed by atoms with E-state index in [2.05, 4.69) is 53.0 Å². The summed E-state index contributed by atoms with van der Waals surface area (Å²) >= 11 is 9.52. The highest BCUT2D eigenvalue weighted by atomic mass is 35.5. The molecule has 0 saturated carbocycles. The largest absolute Gasteiger partial charge is 0.376 e. The molecule has 0 spiro atoms. The number of hydrogen-bond acceptors (Lipinski definition) is 13. The van der Waals surface area contributed by atoms with Crippen molar-refractivity contribution in [1.29, 1.82) is 0 Å². The molecule has 0 aliphatic carbocycles. The van der Waals surface area contributed by atoms with E-state index in [1.165, 1.54) is 40.9 Å². The van der Waals surface area contributed by atoms with Crippen molar-refractivity contribution in [3.05, 3.63) is 124 Å². The molecule has 7 rings (SSSR count). The fraction of sp³-hybridized carbons (Fsp3) is 0.275. The van der Waals surface area contributed by atoms with Crippen molar-refractivity contribution in [2.24, 2.45) is 0 Å². The van der Waals surface area contributed by atoms with Crippen LogP contribution in [0.4, 0.5) is 22.9 Å². The molecule has 1 aliphatic rings. The van der Waals surface area contributed by atoms with Crippen LogP contribution in [0.1, 0.15) is 12.0 Å². The molecule has 1 saturated heterocycles. The number of nitrogens with zero attached hydrogens (tertiary/aromatic N) is 7. The highest BCUT2D eigenvalue weighted by molar-refractivity contribution is 8.01. The Hall–Kier alpha value is -4.84. The Bertz CT molecular complexity index is 2430. The zero-order chi connectivity index (χ0) is 39.9. The number of aromatic nitrogens is 3. The van der Waals surface area contributed by atoms with Crippen molar-refractivity contribution < 1.29 is 13.3 Å². The van der Waals surface area contributed by atoms with Gasteiger partial charge in [-0.25, -0.2) is 23.4 Å². The molecule has 1 atom stereocenters. The van der Waals surface area contributed by atoms with Crippen LogP contribution in [0.3, 0.4) is 0 Å². The topological polar surface area (TPSA) is 150 Å². The van der Waals surface area contributed by atoms with Crippen LogP contribution < -0.4 is 14.9 Å². The Morgan fingerprint density at radius 1 is 0.982 bits per heavy atom. The van der Waals surface area contributed by atoms with Gasteiger partial charge in [-0.1, -0.05) is 59.8 Å². The minimum absolute atomic E-state index is 0.0833. The Morgan fingerprint density at radius 3 is 2.53 bits per heavy atom. The molecule has 2 aromatic heterocycles. The van der Waals surface area contributed by atoms with E-state index in [0.29, 0.717) is 28.1 Å². The van der Waals surface area contributed by atoms with Gasteiger partial charge in [0.05, 0.1) is 15.3 Å². The average Bonchev–Trinajstić information content (AvgIpc) is 3.73. The van der Waals surface area contributed by atoms with Gasteiger partial charge in [-0.15, -0.1) is 11.3 Å². The highest BCUT2D eigenvalue weighted by Crippen LogP contribution is 2.33. The van der Waals surface area contributed by atoms with Crippen LogP contribution >= 0.6 is 34.7 Å². The number of nitrogens with one attached hydrogen (secondary N) is 2. The minimum Gasteiger partial charge on any atom is -0.376 e. The van der Waals surface area contributed by atoms with E-state index in [-0.39, 0.29) is 28.1 Å². The molecule has 2 N–H and O–H groups in total. The maximum Gasteiger partial charge on any atom is 0.293 e. The predicted molar refractivity (Wildman–Crippen MR) is 231 cm³/mol. The van der Waals surface area contributed by atoms with E-state index in [1.807, 2.05) is 66.8 Å². The quantitative estimate of drug-likeness (QED) is 0.0553. The smallest absolute Gasteiger partial charge is 0.293 e. The Labute approximate surface area is 345 Å². The van der Waals surface area contributed by atoms with Crippen molar-refractivity contribution in [1.82, 2.24) is 24.8 Å². The number of benzene rings is 4. The van der Waals surface area contributed by atoms with Crippen LogP contribution in [0.2, 0.25) is 5.02 Å². The van der Waals surface area contributed by atoms with Gasteiger partial charge in [0.25, 0.3) is 15.7 Å². The number of hydrogen-bond donors (Lipinski definition) is 2. The molecule has 6 aromatic rings. The van der Waals surface area contributed by atoms with Crippen molar-refractivity contribution in [3.8, 4) is 11.1 Å². The highest BCUT2D eigenvalue weighted by Gasteiger charge is 2.25. The number of halogens is 1. The standard InChI is InChI=1S/C40H42ClN9O4S3/c1-47(2)16-14-31(26-56-40-42-15-21-55-40)45-36-13-10-33(24-38(36)50(51)52)57(53,54)46-39-35-12-9-32(23-37(35)43-27-44-39)49-19-17-48(18-20-49)25-29-22-30(41)8-11-34(29)28-6-4-3-5-7-28/h3-13,15,21-24,27,31,45H,14,16-20,25-26H2,1-2H3,(H,43,44,46). The van der Waals surface area contributed by atoms with Crippen LogP contribution in [0, 0.1) is 10.1 Å². The number of thioether (sulfide) groups is 1. The summed E-state index contributed by atoms with van der Waals surface area (Å²) in [7, 11) is -0.336. The van der Waals surface area contributed by atoms with Gasteiger partial charge in [0.1, 0.15) is 16.4 Å². The number of rotatable bonds is 16. The fourth-order valence-corrected chi connectivity index (χ4v) is 9.72. The molecule has 0 amide bonds. The van der Waals surface area contributed by atoms with Gasteiger partial charge in [-0.05, 0) is 86.2 Å². The second-order valence-electron chi connectivity index (χ2n) is 13.9. The summed E-state index contributed by atoms with van der Waals surface area (Å²) in [5, 5.41) is 18.7. The molecule has 57 heavy (non-hydrogen) atoms. The molecule has 17 heteroatoms. The molecule has 0 bridgehead atoms. The third-order valence-corrected chi connectivity index (χ3v) is 13.4. The van der Waals surface area contributed by atoms with Crippen LogP contribution in [-0.4, -0.2) is 96.7 Å². The van der Waals surface area contributed by atoms with Crippen LogP contribution in [0.5, 0.6) is 0 Å². The van der Waals surface area contributed by atoms with Gasteiger partial charge < -0.3 is 15.1 Å². The van der Waals surface area contributed by atoms with Gasteiger partial charge in [0.15, 0.2) is 5.82 Å². The molecule has 13 nitrogen and oxygen atoms in total. The first-order chi connectivity index (χ1) is 27.5. The van der Waals surface area contributed by atoms with E-state index in [4.69, 9.17) is 11.6 Å². The molecule has 1 unspecified atom stereocenters. The lowest BCUT2D eigenvalue weighted by Crippen LogP contribution is -2.46. The maximum absolute atomic E-state index is 13.7. The van der Waals surface area contributed by atoms with Crippen molar-refractivity contribution >= 4 is 78.5 Å². The summed E-state index contributed by atoms with van der Waals surface area (Å²) in [5.41, 5.74) is 4.95. The van der Waals surface area contributed by atoms with Crippen LogP contribution in [-0.2, 0) is 16.6 Å². The number of anilines is 3. The third kappa shape index (κ3) is 10.2. The Kier molecular flexibility index (Phi) is 12.9. The molecular weight excluding hydrogens is 802 g/mol. The first kappa shape index (κ1) is 40.4. The molecule has 296 valence electrons. The van der Waals surface area contributed by atoms with Gasteiger partial charge >= 0.3 is 0 Å². The first-order valence-corrected chi connectivity index (χ1v) is 22.1. The predicted octanol–water partition coefficient (Wildman–Crippen LogP) is 7.96. The zero-order valence-electron chi connectivity index (χ0n) is 31.4. The van der Waals surface area contributed by atoms with Crippen molar-refractivity contribution in [2.75, 3.05) is 67.5 Å². The zero-order valence-corrected chi connectivity index (χ0v) is 34.6. The minimum atomic E-state index is -4.27. The van der Waals surface area contributed by atoms with E-state index in [1.54, 1.807) is 24.0 Å². The van der Waals surface area contributed by atoms with Gasteiger partial charge in [-0.3, -0.25) is 19.7 Å². The second-order valence-corrected chi connectivity index (χ2v) is 18.2. The van der Waals surface area contributed by atoms with Gasteiger partial charge in [0, 0.05) is 78.3 Å². The maximum atomic E-state index is 13.7. The summed E-state index contributed by atoms with van der Waals surface area (Å²) in [6.45, 7) is 4.81. The third-order valence-electron chi connectivity index (χ3n) is 9.71. The SMILES string of the molecule is CN(C)CCC(CSc1nccs1)Nc1ccc(S(=O)(=O)Nc2ncnc3cc(N4CCN(Cc5cc(Cl)ccc5-c5ccccc5)CC4)ccc23)cc1[N+](=O)[O-]. The van der Waals surface area contributed by atoms with Crippen molar-refractivity contribution in [3.63, 3.8) is 0 Å².